The van der Waals surface area contributed by atoms with Gasteiger partial charge in [0.05, 0.1) is 6.54 Å². The van der Waals surface area contributed by atoms with Gasteiger partial charge in [-0.2, -0.15) is 0 Å². The van der Waals surface area contributed by atoms with Gasteiger partial charge in [-0.15, -0.1) is 0 Å². The van der Waals surface area contributed by atoms with Crippen molar-refractivity contribution >= 4 is 5.91 Å². The SMILES string of the molecule is Cc1ccccc1Cn1cccc1CN(Cc1ccccc1)C(=O)CC(C)(C)C. The second-order valence-corrected chi connectivity index (χ2v) is 9.03. The standard InChI is InChI=1S/C26H32N2O/c1-21-11-8-9-14-23(21)19-27-16-10-15-24(27)20-28(25(29)17-26(2,3)4)18-22-12-6-5-7-13-22/h5-16H,17-20H2,1-4H3. The van der Waals surface area contributed by atoms with Gasteiger partial charge in [0, 0.05) is 31.4 Å². The molecule has 29 heavy (non-hydrogen) atoms. The third kappa shape index (κ3) is 6.08. The molecule has 0 aliphatic carbocycles. The summed E-state index contributed by atoms with van der Waals surface area (Å²) in [6.45, 7) is 10.6. The Labute approximate surface area is 175 Å². The van der Waals surface area contributed by atoms with Gasteiger partial charge in [0.2, 0.25) is 5.91 Å². The number of nitrogens with zero attached hydrogens (tertiary/aromatic N) is 2. The van der Waals surface area contributed by atoms with E-state index in [0.717, 1.165) is 17.8 Å². The molecule has 1 heterocycles. The van der Waals surface area contributed by atoms with Crippen LogP contribution in [0.15, 0.2) is 72.9 Å². The van der Waals surface area contributed by atoms with Crippen LogP contribution >= 0.6 is 0 Å². The van der Waals surface area contributed by atoms with Crippen LogP contribution in [-0.4, -0.2) is 15.4 Å². The molecule has 0 N–H and O–H groups in total. The average molecular weight is 389 g/mol. The van der Waals surface area contributed by atoms with Crippen LogP contribution in [0.25, 0.3) is 0 Å². The topological polar surface area (TPSA) is 25.2 Å². The summed E-state index contributed by atoms with van der Waals surface area (Å²) in [6, 6.07) is 22.9. The van der Waals surface area contributed by atoms with Crippen LogP contribution in [0.5, 0.6) is 0 Å². The van der Waals surface area contributed by atoms with Crippen LogP contribution in [0, 0.1) is 12.3 Å². The Morgan fingerprint density at radius 2 is 1.59 bits per heavy atom. The van der Waals surface area contributed by atoms with Gasteiger partial charge in [0.25, 0.3) is 0 Å². The van der Waals surface area contributed by atoms with Gasteiger partial charge in [-0.05, 0) is 41.2 Å². The number of aromatic nitrogens is 1. The largest absolute Gasteiger partial charge is 0.345 e. The van der Waals surface area contributed by atoms with Crippen LogP contribution in [0.2, 0.25) is 0 Å². The summed E-state index contributed by atoms with van der Waals surface area (Å²) in [4.78, 5) is 15.1. The number of aryl methyl sites for hydroxylation is 1. The molecule has 3 aromatic rings. The predicted octanol–water partition coefficient (Wildman–Crippen LogP) is 5.81. The van der Waals surface area contributed by atoms with Crippen molar-refractivity contribution in [1.29, 1.82) is 0 Å². The molecule has 1 aromatic heterocycles. The normalized spacial score (nSPS) is 11.4. The van der Waals surface area contributed by atoms with Gasteiger partial charge in [0.1, 0.15) is 0 Å². The van der Waals surface area contributed by atoms with Crippen molar-refractivity contribution in [2.45, 2.75) is 53.8 Å². The molecule has 0 saturated heterocycles. The number of hydrogen-bond donors (Lipinski definition) is 0. The lowest BCUT2D eigenvalue weighted by molar-refractivity contribution is -0.134. The highest BCUT2D eigenvalue weighted by molar-refractivity contribution is 5.76. The van der Waals surface area contributed by atoms with Gasteiger partial charge in [-0.3, -0.25) is 4.79 Å². The maximum atomic E-state index is 13.1. The van der Waals surface area contributed by atoms with Crippen molar-refractivity contribution in [3.8, 4) is 0 Å². The average Bonchev–Trinajstić information content (AvgIpc) is 3.09. The lowest BCUT2D eigenvalue weighted by Gasteiger charge is -2.27. The van der Waals surface area contributed by atoms with Gasteiger partial charge in [0.15, 0.2) is 0 Å². The van der Waals surface area contributed by atoms with Crippen LogP contribution in [-0.2, 0) is 24.4 Å². The van der Waals surface area contributed by atoms with Crippen LogP contribution in [0.4, 0.5) is 0 Å². The number of carbonyl (C=O) groups excluding carboxylic acids is 1. The molecule has 3 heteroatoms. The third-order valence-electron chi connectivity index (χ3n) is 5.13. The van der Waals surface area contributed by atoms with E-state index in [2.05, 4.69) is 87.0 Å². The number of rotatable bonds is 7. The highest BCUT2D eigenvalue weighted by Gasteiger charge is 2.22. The molecule has 3 rings (SSSR count). The summed E-state index contributed by atoms with van der Waals surface area (Å²) in [5.74, 6) is 0.199. The summed E-state index contributed by atoms with van der Waals surface area (Å²) >= 11 is 0. The van der Waals surface area contributed by atoms with Gasteiger partial charge < -0.3 is 9.47 Å². The first-order valence-electron chi connectivity index (χ1n) is 10.3. The quantitative estimate of drug-likeness (QED) is 0.501. The zero-order valence-electron chi connectivity index (χ0n) is 18.1. The second kappa shape index (κ2) is 9.13. The second-order valence-electron chi connectivity index (χ2n) is 9.03. The first-order chi connectivity index (χ1) is 13.8. The molecule has 152 valence electrons. The molecular weight excluding hydrogens is 356 g/mol. The summed E-state index contributed by atoms with van der Waals surface area (Å²) in [5.41, 5.74) is 4.88. The lowest BCUT2D eigenvalue weighted by atomic mass is 9.91. The van der Waals surface area contributed by atoms with E-state index in [4.69, 9.17) is 0 Å². The highest BCUT2D eigenvalue weighted by atomic mass is 16.2. The molecule has 0 saturated carbocycles. The minimum atomic E-state index is -0.0326. The van der Waals surface area contributed by atoms with Gasteiger partial charge in [-0.1, -0.05) is 75.4 Å². The molecule has 0 spiro atoms. The smallest absolute Gasteiger partial charge is 0.223 e. The summed E-state index contributed by atoms with van der Waals surface area (Å²) in [6.07, 6.45) is 2.65. The van der Waals surface area contributed by atoms with Gasteiger partial charge >= 0.3 is 0 Å². The van der Waals surface area contributed by atoms with E-state index >= 15 is 0 Å². The Bertz CT molecular complexity index is 935. The number of carbonyl (C=O) groups is 1. The molecule has 0 atom stereocenters. The van der Waals surface area contributed by atoms with Crippen molar-refractivity contribution in [3.63, 3.8) is 0 Å². The van der Waals surface area contributed by atoms with Crippen LogP contribution in [0.3, 0.4) is 0 Å². The molecule has 0 unspecified atom stereocenters. The molecule has 0 radical (unpaired) electrons. The van der Waals surface area contributed by atoms with Gasteiger partial charge in [-0.25, -0.2) is 0 Å². The molecular formula is C26H32N2O. The van der Waals surface area contributed by atoms with E-state index in [-0.39, 0.29) is 11.3 Å². The third-order valence-corrected chi connectivity index (χ3v) is 5.13. The maximum absolute atomic E-state index is 13.1. The number of benzene rings is 2. The minimum absolute atomic E-state index is 0.0326. The minimum Gasteiger partial charge on any atom is -0.345 e. The van der Waals surface area contributed by atoms with Crippen LogP contribution in [0.1, 0.15) is 49.6 Å². The highest BCUT2D eigenvalue weighted by Crippen LogP contribution is 2.22. The fourth-order valence-electron chi connectivity index (χ4n) is 3.52. The maximum Gasteiger partial charge on any atom is 0.223 e. The fourth-order valence-corrected chi connectivity index (χ4v) is 3.52. The molecule has 1 amide bonds. The first kappa shape index (κ1) is 20.9. The molecule has 0 aliphatic rings. The molecule has 0 aliphatic heterocycles. The van der Waals surface area contributed by atoms with Crippen molar-refractivity contribution in [2.75, 3.05) is 0 Å². The van der Waals surface area contributed by atoms with Crippen molar-refractivity contribution in [3.05, 3.63) is 95.3 Å². The molecule has 3 nitrogen and oxygen atoms in total. The van der Waals surface area contributed by atoms with Crippen molar-refractivity contribution in [2.24, 2.45) is 5.41 Å². The fraction of sp³-hybridized carbons (Fsp3) is 0.346. The van der Waals surface area contributed by atoms with E-state index in [9.17, 15) is 4.79 Å². The Balaban J connectivity index is 1.81. The molecule has 0 fully saturated rings. The molecule has 2 aromatic carbocycles. The van der Waals surface area contributed by atoms with Crippen LogP contribution < -0.4 is 0 Å². The lowest BCUT2D eigenvalue weighted by Crippen LogP contribution is -2.33. The van der Waals surface area contributed by atoms with E-state index in [1.165, 1.54) is 11.1 Å². The van der Waals surface area contributed by atoms with E-state index < -0.39 is 0 Å². The summed E-state index contributed by atoms with van der Waals surface area (Å²) in [7, 11) is 0. The van der Waals surface area contributed by atoms with E-state index in [1.807, 2.05) is 23.1 Å². The van der Waals surface area contributed by atoms with Crippen molar-refractivity contribution < 1.29 is 4.79 Å². The zero-order chi connectivity index (χ0) is 20.9. The first-order valence-corrected chi connectivity index (χ1v) is 10.3. The van der Waals surface area contributed by atoms with E-state index in [1.54, 1.807) is 0 Å². The Hall–Kier alpha value is -2.81. The monoisotopic (exact) mass is 388 g/mol. The number of amides is 1. The Kier molecular flexibility index (Phi) is 6.58. The van der Waals surface area contributed by atoms with E-state index in [0.29, 0.717) is 19.5 Å². The Morgan fingerprint density at radius 1 is 0.897 bits per heavy atom. The number of hydrogen-bond acceptors (Lipinski definition) is 1. The molecule has 0 bridgehead atoms. The summed E-state index contributed by atoms with van der Waals surface area (Å²) in [5, 5.41) is 0. The Morgan fingerprint density at radius 3 is 2.28 bits per heavy atom. The zero-order valence-corrected chi connectivity index (χ0v) is 18.1. The van der Waals surface area contributed by atoms with Crippen molar-refractivity contribution in [1.82, 2.24) is 9.47 Å². The predicted molar refractivity (Wildman–Crippen MR) is 119 cm³/mol. The summed E-state index contributed by atoms with van der Waals surface area (Å²) < 4.78 is 2.25.